The van der Waals surface area contributed by atoms with Gasteiger partial charge in [-0.3, -0.25) is 5.10 Å². The molecular weight excluding hydrogens is 439 g/mol. The Hall–Kier alpha value is -3.21. The summed E-state index contributed by atoms with van der Waals surface area (Å²) in [4.78, 5) is 16.8. The predicted molar refractivity (Wildman–Crippen MR) is 125 cm³/mol. The van der Waals surface area contributed by atoms with Crippen molar-refractivity contribution < 1.29 is 13.9 Å². The van der Waals surface area contributed by atoms with E-state index in [9.17, 15) is 4.79 Å². The van der Waals surface area contributed by atoms with Crippen LogP contribution in [0.15, 0.2) is 24.5 Å². The molecule has 1 saturated carbocycles. The van der Waals surface area contributed by atoms with Crippen LogP contribution < -0.4 is 16.0 Å². The number of H-pyrrole nitrogens is 1. The van der Waals surface area contributed by atoms with Crippen LogP contribution in [0.25, 0.3) is 5.52 Å². The topological polar surface area (TPSA) is 121 Å². The number of fused-ring (bicyclic) bond motifs is 1. The van der Waals surface area contributed by atoms with Gasteiger partial charge in [0, 0.05) is 29.6 Å². The maximum atomic E-state index is 15.1. The minimum Gasteiger partial charge on any atom is -0.443 e. The van der Waals surface area contributed by atoms with Crippen LogP contribution in [0.2, 0.25) is 0 Å². The van der Waals surface area contributed by atoms with Crippen molar-refractivity contribution in [2.24, 2.45) is 0 Å². The van der Waals surface area contributed by atoms with E-state index in [1.807, 2.05) is 30.6 Å². The minimum atomic E-state index is -1.30. The summed E-state index contributed by atoms with van der Waals surface area (Å²) in [6, 6.07) is 3.64. The molecule has 182 valence electrons. The third-order valence-corrected chi connectivity index (χ3v) is 6.58. The Bertz CT molecular complexity index is 1140. The van der Waals surface area contributed by atoms with Crippen molar-refractivity contribution in [2.75, 3.05) is 18.4 Å². The second kappa shape index (κ2) is 9.57. The fourth-order valence-electron chi connectivity index (χ4n) is 4.84. The average Bonchev–Trinajstić information content (AvgIpc) is 3.55. The summed E-state index contributed by atoms with van der Waals surface area (Å²) in [6.07, 6.45) is 4.19. The molecule has 3 aromatic rings. The van der Waals surface area contributed by atoms with Crippen LogP contribution >= 0.6 is 0 Å². The number of hydrogen-bond acceptors (Lipinski definition) is 7. The highest BCUT2D eigenvalue weighted by Gasteiger charge is 2.41. The number of aromatic nitrogens is 5. The number of halogens is 1. The first kappa shape index (κ1) is 22.6. The third kappa shape index (κ3) is 4.70. The SMILES string of the molecule is CC(C)NC(=O)O[C@H]1CC[C@@H](c2cc(Nc3nc(C4CCNCC4)cn4nccc34)n[nH]2)[C@H]1F. The smallest absolute Gasteiger partial charge is 0.407 e. The first-order valence-electron chi connectivity index (χ1n) is 12.0. The molecule has 1 aliphatic heterocycles. The maximum Gasteiger partial charge on any atom is 0.407 e. The molecule has 1 aliphatic carbocycles. The van der Waals surface area contributed by atoms with E-state index in [-0.39, 0.29) is 6.04 Å². The molecule has 34 heavy (non-hydrogen) atoms. The van der Waals surface area contributed by atoms with Gasteiger partial charge < -0.3 is 20.7 Å². The number of ether oxygens (including phenoxy) is 1. The number of rotatable bonds is 6. The summed E-state index contributed by atoms with van der Waals surface area (Å²) >= 11 is 0. The van der Waals surface area contributed by atoms with Gasteiger partial charge in [0.1, 0.15) is 17.8 Å². The van der Waals surface area contributed by atoms with E-state index in [1.54, 1.807) is 12.3 Å². The standard InChI is InChI=1S/C23H31FN8O2/c1-13(2)27-23(33)34-19-4-3-15(21(19)24)16-11-20(31-30-16)29-22-18-7-10-26-32(18)12-17(28-22)14-5-8-25-9-6-14/h7,10-15,19,21,25H,3-6,8-9H2,1-2H3,(H,27,33)(H2,28,29,30,31)/t15-,19-,21+/m0/s1. The Morgan fingerprint density at radius 2 is 2.09 bits per heavy atom. The summed E-state index contributed by atoms with van der Waals surface area (Å²) in [5.74, 6) is 1.19. The normalized spacial score (nSPS) is 23.5. The lowest BCUT2D eigenvalue weighted by Gasteiger charge is -2.22. The van der Waals surface area contributed by atoms with Gasteiger partial charge in [-0.2, -0.15) is 10.2 Å². The molecule has 0 bridgehead atoms. The van der Waals surface area contributed by atoms with E-state index in [1.165, 1.54) is 0 Å². The maximum absolute atomic E-state index is 15.1. The summed E-state index contributed by atoms with van der Waals surface area (Å²) in [6.45, 7) is 5.62. The Kier molecular flexibility index (Phi) is 6.36. The van der Waals surface area contributed by atoms with Crippen LogP contribution in [0.3, 0.4) is 0 Å². The Labute approximate surface area is 197 Å². The number of nitrogens with zero attached hydrogens (tertiary/aromatic N) is 4. The highest BCUT2D eigenvalue weighted by molar-refractivity contribution is 5.72. The van der Waals surface area contributed by atoms with E-state index in [4.69, 9.17) is 9.72 Å². The van der Waals surface area contributed by atoms with Crippen LogP contribution in [0.5, 0.6) is 0 Å². The van der Waals surface area contributed by atoms with Crippen molar-refractivity contribution in [3.05, 3.63) is 35.9 Å². The summed E-state index contributed by atoms with van der Waals surface area (Å²) < 4.78 is 22.2. The number of carbonyl (C=O) groups is 1. The van der Waals surface area contributed by atoms with Gasteiger partial charge >= 0.3 is 6.09 Å². The highest BCUT2D eigenvalue weighted by Crippen LogP contribution is 2.38. The monoisotopic (exact) mass is 470 g/mol. The van der Waals surface area contributed by atoms with Crippen molar-refractivity contribution in [2.45, 2.75) is 69.7 Å². The lowest BCUT2D eigenvalue weighted by molar-refractivity contribution is 0.0555. The first-order chi connectivity index (χ1) is 16.5. The number of alkyl carbamates (subject to hydrolysis) is 1. The molecule has 5 rings (SSSR count). The van der Waals surface area contributed by atoms with Gasteiger partial charge in [0.2, 0.25) is 0 Å². The fourth-order valence-corrected chi connectivity index (χ4v) is 4.84. The van der Waals surface area contributed by atoms with Gasteiger partial charge in [-0.1, -0.05) is 0 Å². The van der Waals surface area contributed by atoms with E-state index >= 15 is 4.39 Å². The quantitative estimate of drug-likeness (QED) is 0.436. The van der Waals surface area contributed by atoms with Crippen LogP contribution in [-0.2, 0) is 4.74 Å². The minimum absolute atomic E-state index is 0.0619. The van der Waals surface area contributed by atoms with E-state index in [2.05, 4.69) is 31.2 Å². The molecular formula is C23H31FN8O2. The first-order valence-corrected chi connectivity index (χ1v) is 12.0. The fraction of sp³-hybridized carbons (Fsp3) is 0.565. The van der Waals surface area contributed by atoms with Crippen LogP contribution in [0, 0.1) is 0 Å². The summed E-state index contributed by atoms with van der Waals surface area (Å²) in [5.41, 5.74) is 2.51. The zero-order valence-electron chi connectivity index (χ0n) is 19.4. The molecule has 0 aromatic carbocycles. The molecule has 2 aliphatic rings. The molecule has 1 amide bonds. The van der Waals surface area contributed by atoms with Gasteiger partial charge in [-0.25, -0.2) is 18.7 Å². The Morgan fingerprint density at radius 1 is 1.26 bits per heavy atom. The zero-order valence-corrected chi connectivity index (χ0v) is 19.4. The lowest BCUT2D eigenvalue weighted by Crippen LogP contribution is -2.36. The number of anilines is 2. The van der Waals surface area contributed by atoms with Gasteiger partial charge in [0.15, 0.2) is 11.6 Å². The molecule has 4 N–H and O–H groups in total. The Balaban J connectivity index is 1.30. The summed E-state index contributed by atoms with van der Waals surface area (Å²) in [5, 5.41) is 21.0. The van der Waals surface area contributed by atoms with Gasteiger partial charge in [-0.15, -0.1) is 0 Å². The number of amides is 1. The predicted octanol–water partition coefficient (Wildman–Crippen LogP) is 3.38. The molecule has 11 heteroatoms. The van der Waals surface area contributed by atoms with Crippen molar-refractivity contribution in [3.63, 3.8) is 0 Å². The highest BCUT2D eigenvalue weighted by atomic mass is 19.1. The van der Waals surface area contributed by atoms with Crippen molar-refractivity contribution in [1.29, 1.82) is 0 Å². The van der Waals surface area contributed by atoms with Gasteiger partial charge in [0.25, 0.3) is 0 Å². The van der Waals surface area contributed by atoms with Crippen molar-refractivity contribution >= 4 is 23.2 Å². The largest absolute Gasteiger partial charge is 0.443 e. The second-order valence-corrected chi connectivity index (χ2v) is 9.40. The third-order valence-electron chi connectivity index (χ3n) is 6.58. The number of nitrogens with one attached hydrogen (secondary N) is 4. The molecule has 3 atom stereocenters. The number of hydrogen-bond donors (Lipinski definition) is 4. The number of aromatic amines is 1. The molecule has 1 saturated heterocycles. The van der Waals surface area contributed by atoms with Gasteiger partial charge in [0.05, 0.1) is 18.1 Å². The second-order valence-electron chi connectivity index (χ2n) is 9.40. The van der Waals surface area contributed by atoms with Crippen LogP contribution in [0.1, 0.15) is 62.8 Å². The zero-order chi connectivity index (χ0) is 23.7. The average molecular weight is 471 g/mol. The van der Waals surface area contributed by atoms with Crippen molar-refractivity contribution in [1.82, 2.24) is 35.4 Å². The molecule has 0 unspecified atom stereocenters. The number of alkyl halides is 1. The number of piperidine rings is 1. The Morgan fingerprint density at radius 3 is 2.88 bits per heavy atom. The molecule has 3 aromatic heterocycles. The lowest BCUT2D eigenvalue weighted by atomic mass is 9.95. The van der Waals surface area contributed by atoms with E-state index in [0.717, 1.165) is 37.1 Å². The van der Waals surface area contributed by atoms with E-state index < -0.39 is 24.3 Å². The molecule has 0 radical (unpaired) electrons. The van der Waals surface area contributed by atoms with Crippen molar-refractivity contribution in [3.8, 4) is 0 Å². The molecule has 2 fully saturated rings. The number of carbonyl (C=O) groups excluding carboxylic acids is 1. The molecule has 0 spiro atoms. The van der Waals surface area contributed by atoms with Gasteiger partial charge in [-0.05, 0) is 58.7 Å². The van der Waals surface area contributed by atoms with E-state index in [0.29, 0.717) is 36.1 Å². The summed E-state index contributed by atoms with van der Waals surface area (Å²) in [7, 11) is 0. The molecule has 10 nitrogen and oxygen atoms in total. The van der Waals surface area contributed by atoms with Crippen LogP contribution in [-0.4, -0.2) is 62.3 Å². The van der Waals surface area contributed by atoms with Crippen LogP contribution in [0.4, 0.5) is 20.8 Å². The molecule has 4 heterocycles.